The zero-order chi connectivity index (χ0) is 42.3. The zero-order valence-corrected chi connectivity index (χ0v) is 29.1. The van der Waals surface area contributed by atoms with E-state index < -0.39 is 54.8 Å². The van der Waals surface area contributed by atoms with Gasteiger partial charge in [-0.3, -0.25) is 9.36 Å². The van der Waals surface area contributed by atoms with Gasteiger partial charge in [-0.05, 0) is 69.3 Å². The van der Waals surface area contributed by atoms with Crippen molar-refractivity contribution < 1.29 is 45.0 Å². The highest BCUT2D eigenvalue weighted by Gasteiger charge is 2.52. The quantitative estimate of drug-likeness (QED) is 0.126. The van der Waals surface area contributed by atoms with Crippen LogP contribution in [0.3, 0.4) is 0 Å². The second-order valence-corrected chi connectivity index (χ2v) is 12.2. The summed E-state index contributed by atoms with van der Waals surface area (Å²) in [6, 6.07) is 25.6. The summed E-state index contributed by atoms with van der Waals surface area (Å²) in [6.45, 7) is 1.52. The molecule has 4 atom stereocenters. The second-order valence-electron chi connectivity index (χ2n) is 12.2. The molecule has 0 bridgehead atoms. The van der Waals surface area contributed by atoms with Crippen LogP contribution in [0.1, 0.15) is 71.2 Å². The van der Waals surface area contributed by atoms with Crippen molar-refractivity contribution in [2.45, 2.75) is 45.2 Å². The van der Waals surface area contributed by atoms with Gasteiger partial charge in [0.05, 0.1) is 29.9 Å². The Hall–Kier alpha value is -6.73. The van der Waals surface area contributed by atoms with Crippen LogP contribution in [0.25, 0.3) is 11.2 Å². The SMILES string of the molecule is [2H]C([2H])(OC(=O)c1ccc(C)cc1)[C@@]1([2H])O[C@@H](n2cnc3c(NC(=O)c4ccccc4)ncnc32)[C@]([2H])(OC(=O)c2ccc(C)cc2)[C@]1([2H])OC(=O)c1ccc(C)cc1. The average molecular weight is 731 g/mol. The third-order valence-electron chi connectivity index (χ3n) is 8.26. The van der Waals surface area contributed by atoms with Crippen molar-refractivity contribution in [3.8, 4) is 0 Å². The van der Waals surface area contributed by atoms with Gasteiger partial charge in [-0.2, -0.15) is 0 Å². The van der Waals surface area contributed by atoms with Gasteiger partial charge in [-0.1, -0.05) is 71.3 Å². The van der Waals surface area contributed by atoms with Crippen molar-refractivity contribution in [1.82, 2.24) is 19.5 Å². The topological polar surface area (TPSA) is 161 Å². The average Bonchev–Trinajstić information content (AvgIpc) is 3.71. The van der Waals surface area contributed by atoms with E-state index in [1.165, 1.54) is 36.4 Å². The van der Waals surface area contributed by atoms with Gasteiger partial charge in [0.1, 0.15) is 19.0 Å². The maximum atomic E-state index is 14.0. The van der Waals surface area contributed by atoms with Gasteiger partial charge < -0.3 is 24.3 Å². The Morgan fingerprint density at radius 2 is 1.24 bits per heavy atom. The smallest absolute Gasteiger partial charge is 0.338 e. The first-order valence-corrected chi connectivity index (χ1v) is 16.6. The first kappa shape index (κ1) is 29.8. The molecular weight excluding hydrogens is 690 g/mol. The minimum atomic E-state index is -3.75. The predicted molar refractivity (Wildman–Crippen MR) is 196 cm³/mol. The highest BCUT2D eigenvalue weighted by Crippen LogP contribution is 2.37. The maximum absolute atomic E-state index is 14.0. The van der Waals surface area contributed by atoms with Gasteiger partial charge >= 0.3 is 17.9 Å². The summed E-state index contributed by atoms with van der Waals surface area (Å²) in [6.07, 6.45) is -11.2. The number of carbonyl (C=O) groups is 4. The number of hydrogen-bond donors (Lipinski definition) is 1. The molecule has 0 aliphatic carbocycles. The van der Waals surface area contributed by atoms with Crippen LogP contribution in [0, 0.1) is 20.8 Å². The Balaban J connectivity index is 1.39. The van der Waals surface area contributed by atoms with E-state index in [1.807, 2.05) is 0 Å². The van der Waals surface area contributed by atoms with Gasteiger partial charge in [-0.15, -0.1) is 0 Å². The molecule has 0 unspecified atom stereocenters. The van der Waals surface area contributed by atoms with E-state index in [1.54, 1.807) is 87.5 Å². The van der Waals surface area contributed by atoms with E-state index in [-0.39, 0.29) is 39.2 Å². The molecule has 1 aliphatic rings. The molecular formula is C41H35N5O8. The lowest BCUT2D eigenvalue weighted by atomic mass is 10.1. The number of rotatable bonds is 10. The Bertz CT molecular complexity index is 2580. The molecule has 1 saturated heterocycles. The number of anilines is 1. The van der Waals surface area contributed by atoms with Crippen molar-refractivity contribution in [2.75, 3.05) is 11.9 Å². The summed E-state index contributed by atoms with van der Waals surface area (Å²) in [5, 5.41) is 2.63. The van der Waals surface area contributed by atoms with Crippen molar-refractivity contribution in [3.05, 3.63) is 155 Å². The molecule has 1 amide bonds. The van der Waals surface area contributed by atoms with Crippen LogP contribution < -0.4 is 5.32 Å². The molecule has 272 valence electrons. The molecule has 7 rings (SSSR count). The molecule has 1 aliphatic heterocycles. The molecule has 0 saturated carbocycles. The molecule has 6 aromatic rings. The zero-order valence-electron chi connectivity index (χ0n) is 34.1. The van der Waals surface area contributed by atoms with E-state index in [0.29, 0.717) is 0 Å². The highest BCUT2D eigenvalue weighted by atomic mass is 16.7. The van der Waals surface area contributed by atoms with E-state index in [9.17, 15) is 23.3 Å². The molecule has 4 aromatic carbocycles. The number of nitrogens with one attached hydrogen (secondary N) is 1. The summed E-state index contributed by atoms with van der Waals surface area (Å²) in [7, 11) is 0. The van der Waals surface area contributed by atoms with Crippen LogP contribution >= 0.6 is 0 Å². The van der Waals surface area contributed by atoms with Crippen LogP contribution in [-0.2, 0) is 18.9 Å². The minimum absolute atomic E-state index is 0.101. The highest BCUT2D eigenvalue weighted by molar-refractivity contribution is 6.06. The molecule has 2 aromatic heterocycles. The summed E-state index contributed by atoms with van der Waals surface area (Å²) in [5.74, 6) is -4.58. The maximum Gasteiger partial charge on any atom is 0.338 e. The standard InChI is InChI=1S/C41H35N5O8/c1-24-9-15-28(16-10-24)39(48)51-21-31-33(53-40(49)29-17-11-25(2)12-18-29)34(54-41(50)30-19-13-26(3)14-20-30)38(52-31)46-23-44-32-35(42-22-43-36(32)46)45-37(47)27-7-5-4-6-8-27/h4-20,22-23,31,33-34,38H,21H2,1-3H3,(H,42,43,45,47)/t31-,33-,34-,38-/m1/s1/i21D2,31D,33D,34D. The third kappa shape index (κ3) is 7.71. The van der Waals surface area contributed by atoms with Crippen LogP contribution in [0.15, 0.2) is 116 Å². The van der Waals surface area contributed by atoms with Gasteiger partial charge in [-0.25, -0.2) is 29.3 Å². The van der Waals surface area contributed by atoms with Gasteiger partial charge in [0, 0.05) is 5.56 Å². The third-order valence-corrected chi connectivity index (χ3v) is 8.26. The van der Waals surface area contributed by atoms with E-state index in [0.717, 1.165) is 33.9 Å². The number of aromatic nitrogens is 4. The number of hydrogen-bond acceptors (Lipinski definition) is 11. The summed E-state index contributed by atoms with van der Waals surface area (Å²) in [5.41, 5.74) is 1.78. The van der Waals surface area contributed by atoms with Crippen molar-refractivity contribution in [3.63, 3.8) is 0 Å². The van der Waals surface area contributed by atoms with Gasteiger partial charge in [0.15, 0.2) is 35.4 Å². The predicted octanol–water partition coefficient (Wildman–Crippen LogP) is 6.21. The van der Waals surface area contributed by atoms with Crippen LogP contribution in [0.2, 0.25) is 0 Å². The molecule has 1 N–H and O–H groups in total. The van der Waals surface area contributed by atoms with Crippen molar-refractivity contribution in [2.24, 2.45) is 0 Å². The van der Waals surface area contributed by atoms with Crippen molar-refractivity contribution in [1.29, 1.82) is 0 Å². The van der Waals surface area contributed by atoms with E-state index >= 15 is 0 Å². The molecule has 0 spiro atoms. The number of benzene rings is 4. The summed E-state index contributed by atoms with van der Waals surface area (Å²) < 4.78 is 71.2. The van der Waals surface area contributed by atoms with Gasteiger partial charge in [0.2, 0.25) is 0 Å². The van der Waals surface area contributed by atoms with Gasteiger partial charge in [0.25, 0.3) is 5.91 Å². The molecule has 54 heavy (non-hydrogen) atoms. The van der Waals surface area contributed by atoms with E-state index in [4.69, 9.17) is 21.7 Å². The molecule has 1 fully saturated rings. The molecule has 13 heteroatoms. The van der Waals surface area contributed by atoms with Crippen molar-refractivity contribution >= 4 is 40.8 Å². The summed E-state index contributed by atoms with van der Waals surface area (Å²) >= 11 is 0. The first-order valence-electron chi connectivity index (χ1n) is 19.1. The first-order chi connectivity index (χ1) is 28.0. The number of ether oxygens (including phenoxy) is 4. The van der Waals surface area contributed by atoms with Crippen LogP contribution in [-0.4, -0.2) is 68.1 Å². The number of aryl methyl sites for hydroxylation is 3. The fourth-order valence-corrected chi connectivity index (χ4v) is 5.30. The normalized spacial score (nSPS) is 23.5. The fourth-order valence-electron chi connectivity index (χ4n) is 5.30. The Labute approximate surface area is 316 Å². The Morgan fingerprint density at radius 3 is 1.81 bits per heavy atom. The molecule has 13 nitrogen and oxygen atoms in total. The molecule has 3 heterocycles. The fraction of sp³-hybridized carbons (Fsp3) is 0.195. The lowest BCUT2D eigenvalue weighted by molar-refractivity contribution is -0.0606. The number of amides is 1. The number of nitrogens with zero attached hydrogens (tertiary/aromatic N) is 4. The summed E-state index contributed by atoms with van der Waals surface area (Å²) in [4.78, 5) is 67.2. The minimum Gasteiger partial charge on any atom is -0.459 e. The number of carbonyl (C=O) groups excluding carboxylic acids is 4. The second kappa shape index (κ2) is 15.5. The molecule has 0 radical (unpaired) electrons. The van der Waals surface area contributed by atoms with E-state index in [2.05, 4.69) is 20.3 Å². The number of fused-ring (bicyclic) bond motifs is 1. The lowest BCUT2D eigenvalue weighted by Gasteiger charge is -2.25. The van der Waals surface area contributed by atoms with Crippen LogP contribution in [0.5, 0.6) is 0 Å². The lowest BCUT2D eigenvalue weighted by Crippen LogP contribution is -2.41. The Morgan fingerprint density at radius 1 is 0.704 bits per heavy atom. The monoisotopic (exact) mass is 730 g/mol. The number of imidazole rings is 1. The van der Waals surface area contributed by atoms with Crippen LogP contribution in [0.4, 0.5) is 5.82 Å². The largest absolute Gasteiger partial charge is 0.459 e. The number of esters is 3. The Kier molecular flexibility index (Phi) is 8.54.